The highest BCUT2D eigenvalue weighted by Gasteiger charge is 2.16. The Hall–Kier alpha value is -4.46. The van der Waals surface area contributed by atoms with Crippen LogP contribution < -0.4 is 0 Å². The van der Waals surface area contributed by atoms with Gasteiger partial charge in [-0.05, 0) is 24.3 Å². The van der Waals surface area contributed by atoms with Crippen molar-refractivity contribution in [3.63, 3.8) is 0 Å². The van der Waals surface area contributed by atoms with E-state index in [1.165, 1.54) is 6.33 Å². The maximum atomic E-state index is 4.85. The highest BCUT2D eigenvalue weighted by Crippen LogP contribution is 2.31. The molecule has 6 rings (SSSR count). The Balaban J connectivity index is 1.52. The number of H-pyrrole nitrogens is 2. The predicted octanol–water partition coefficient (Wildman–Crippen LogP) is 4.02. The normalized spacial score (nSPS) is 11.3. The van der Waals surface area contributed by atoms with Crippen LogP contribution >= 0.6 is 0 Å². The molecule has 0 aliphatic rings. The van der Waals surface area contributed by atoms with Crippen LogP contribution in [0.3, 0.4) is 0 Å². The average Bonchev–Trinajstić information content (AvgIpc) is 3.43. The van der Waals surface area contributed by atoms with E-state index < -0.39 is 0 Å². The second kappa shape index (κ2) is 6.56. The van der Waals surface area contributed by atoms with Gasteiger partial charge in [-0.1, -0.05) is 18.2 Å². The summed E-state index contributed by atoms with van der Waals surface area (Å²) in [6, 6.07) is 13.9. The summed E-state index contributed by atoms with van der Waals surface area (Å²) in [6.45, 7) is 0. The van der Waals surface area contributed by atoms with E-state index in [0.717, 1.165) is 44.5 Å². The average molecular weight is 390 g/mol. The van der Waals surface area contributed by atoms with E-state index in [-0.39, 0.29) is 0 Å². The van der Waals surface area contributed by atoms with Gasteiger partial charge in [0, 0.05) is 41.5 Å². The third-order valence-electron chi connectivity index (χ3n) is 4.97. The molecule has 0 radical (unpaired) electrons. The van der Waals surface area contributed by atoms with Crippen molar-refractivity contribution in [3.05, 3.63) is 73.6 Å². The molecular formula is C22H14N8. The summed E-state index contributed by atoms with van der Waals surface area (Å²) in [5, 5.41) is 7.52. The van der Waals surface area contributed by atoms with Crippen molar-refractivity contribution >= 4 is 22.1 Å². The number of rotatable bonds is 3. The van der Waals surface area contributed by atoms with Gasteiger partial charge < -0.3 is 4.98 Å². The lowest BCUT2D eigenvalue weighted by Crippen LogP contribution is -1.88. The standard InChI is InChI=1S/C22H14N8/c1-4-15(13-3-2-8-23-9-13)19-17(5-1)27-22(28-19)21-20-18(29-30-21)7-6-16(26-20)14-10-24-12-25-11-14/h1-12H,(H,27,28)(H,29,30). The van der Waals surface area contributed by atoms with Crippen LogP contribution in [0.4, 0.5) is 0 Å². The monoisotopic (exact) mass is 390 g/mol. The predicted molar refractivity (Wildman–Crippen MR) is 113 cm³/mol. The van der Waals surface area contributed by atoms with E-state index in [9.17, 15) is 0 Å². The summed E-state index contributed by atoms with van der Waals surface area (Å²) < 4.78 is 0. The topological polar surface area (TPSA) is 109 Å². The lowest BCUT2D eigenvalue weighted by Gasteiger charge is -2.01. The molecule has 8 nitrogen and oxygen atoms in total. The number of para-hydroxylation sites is 1. The van der Waals surface area contributed by atoms with Crippen molar-refractivity contribution in [1.82, 2.24) is 40.1 Å². The number of pyridine rings is 2. The van der Waals surface area contributed by atoms with Crippen LogP contribution in [-0.4, -0.2) is 40.1 Å². The van der Waals surface area contributed by atoms with Gasteiger partial charge in [0.15, 0.2) is 11.5 Å². The molecule has 0 amide bonds. The molecule has 0 saturated heterocycles. The van der Waals surface area contributed by atoms with Gasteiger partial charge in [0.2, 0.25) is 0 Å². The molecule has 8 heteroatoms. The molecule has 5 heterocycles. The number of hydrogen-bond acceptors (Lipinski definition) is 6. The molecule has 6 aromatic rings. The SMILES string of the molecule is c1cncc(-c2cccc3[nH]c(-c4n[nH]c5ccc(-c6cncnc6)nc45)nc23)c1. The van der Waals surface area contributed by atoms with Gasteiger partial charge in [-0.2, -0.15) is 5.10 Å². The number of nitrogens with zero attached hydrogens (tertiary/aromatic N) is 6. The molecule has 142 valence electrons. The Bertz CT molecular complexity index is 1490. The van der Waals surface area contributed by atoms with Crippen molar-refractivity contribution in [2.24, 2.45) is 0 Å². The van der Waals surface area contributed by atoms with Gasteiger partial charge in [-0.3, -0.25) is 10.1 Å². The molecule has 5 aromatic heterocycles. The smallest absolute Gasteiger partial charge is 0.161 e. The number of hydrogen-bond donors (Lipinski definition) is 2. The first kappa shape index (κ1) is 16.5. The molecule has 1 aromatic carbocycles. The van der Waals surface area contributed by atoms with Gasteiger partial charge in [-0.25, -0.2) is 19.9 Å². The Morgan fingerprint density at radius 3 is 2.47 bits per heavy atom. The van der Waals surface area contributed by atoms with Crippen molar-refractivity contribution < 1.29 is 0 Å². The minimum absolute atomic E-state index is 0.654. The molecule has 30 heavy (non-hydrogen) atoms. The van der Waals surface area contributed by atoms with E-state index in [0.29, 0.717) is 11.5 Å². The van der Waals surface area contributed by atoms with Crippen LogP contribution in [0.1, 0.15) is 0 Å². The molecule has 0 spiro atoms. The van der Waals surface area contributed by atoms with Crippen LogP contribution in [0.5, 0.6) is 0 Å². The summed E-state index contributed by atoms with van der Waals surface area (Å²) in [5.74, 6) is 0.654. The Morgan fingerprint density at radius 2 is 1.60 bits per heavy atom. The van der Waals surface area contributed by atoms with Gasteiger partial charge in [0.1, 0.15) is 11.8 Å². The molecule has 0 bridgehead atoms. The fraction of sp³-hybridized carbons (Fsp3) is 0. The number of fused-ring (bicyclic) bond motifs is 2. The molecule has 0 unspecified atom stereocenters. The number of aromatic amines is 2. The second-order valence-corrected chi connectivity index (χ2v) is 6.82. The number of aromatic nitrogens is 8. The van der Waals surface area contributed by atoms with E-state index in [4.69, 9.17) is 9.97 Å². The molecule has 0 fully saturated rings. The lowest BCUT2D eigenvalue weighted by molar-refractivity contribution is 1.10. The van der Waals surface area contributed by atoms with Gasteiger partial charge in [-0.15, -0.1) is 0 Å². The van der Waals surface area contributed by atoms with Gasteiger partial charge >= 0.3 is 0 Å². The third kappa shape index (κ3) is 2.62. The van der Waals surface area contributed by atoms with Crippen LogP contribution in [0.25, 0.3) is 56.0 Å². The Kier molecular flexibility index (Phi) is 3.60. The van der Waals surface area contributed by atoms with Crippen molar-refractivity contribution in [2.75, 3.05) is 0 Å². The van der Waals surface area contributed by atoms with E-state index in [2.05, 4.69) is 30.1 Å². The maximum Gasteiger partial charge on any atom is 0.161 e. The maximum absolute atomic E-state index is 4.85. The zero-order chi connectivity index (χ0) is 19.9. The molecule has 0 atom stereocenters. The highest BCUT2D eigenvalue weighted by molar-refractivity contribution is 5.96. The number of nitrogens with one attached hydrogen (secondary N) is 2. The Morgan fingerprint density at radius 1 is 0.700 bits per heavy atom. The van der Waals surface area contributed by atoms with Gasteiger partial charge in [0.25, 0.3) is 0 Å². The summed E-state index contributed by atoms with van der Waals surface area (Å²) >= 11 is 0. The lowest BCUT2D eigenvalue weighted by atomic mass is 10.1. The molecule has 0 aliphatic carbocycles. The zero-order valence-electron chi connectivity index (χ0n) is 15.6. The largest absolute Gasteiger partial charge is 0.336 e. The van der Waals surface area contributed by atoms with E-state index >= 15 is 0 Å². The minimum Gasteiger partial charge on any atom is -0.336 e. The van der Waals surface area contributed by atoms with Gasteiger partial charge in [0.05, 0.1) is 22.2 Å². The fourth-order valence-electron chi connectivity index (χ4n) is 3.56. The number of imidazole rings is 1. The van der Waals surface area contributed by atoms with Crippen LogP contribution in [-0.2, 0) is 0 Å². The van der Waals surface area contributed by atoms with E-state index in [1.54, 1.807) is 18.6 Å². The molecule has 0 saturated carbocycles. The van der Waals surface area contributed by atoms with Crippen molar-refractivity contribution in [3.8, 4) is 33.9 Å². The number of benzene rings is 1. The molecular weight excluding hydrogens is 376 g/mol. The quantitative estimate of drug-likeness (QED) is 0.472. The second-order valence-electron chi connectivity index (χ2n) is 6.82. The summed E-state index contributed by atoms with van der Waals surface area (Å²) in [4.78, 5) is 25.4. The summed E-state index contributed by atoms with van der Waals surface area (Å²) in [5.41, 5.74) is 7.66. The van der Waals surface area contributed by atoms with Crippen LogP contribution in [0.2, 0.25) is 0 Å². The van der Waals surface area contributed by atoms with Crippen molar-refractivity contribution in [1.29, 1.82) is 0 Å². The van der Waals surface area contributed by atoms with Crippen LogP contribution in [0.15, 0.2) is 73.6 Å². The first-order valence-corrected chi connectivity index (χ1v) is 9.37. The Labute approximate surface area is 170 Å². The van der Waals surface area contributed by atoms with Crippen LogP contribution in [0, 0.1) is 0 Å². The van der Waals surface area contributed by atoms with E-state index in [1.807, 2.05) is 48.7 Å². The fourth-order valence-corrected chi connectivity index (χ4v) is 3.56. The third-order valence-corrected chi connectivity index (χ3v) is 4.97. The summed E-state index contributed by atoms with van der Waals surface area (Å²) in [7, 11) is 0. The first-order chi connectivity index (χ1) is 14.9. The summed E-state index contributed by atoms with van der Waals surface area (Å²) in [6.07, 6.45) is 8.57. The molecule has 2 N–H and O–H groups in total. The molecule has 0 aliphatic heterocycles. The zero-order valence-corrected chi connectivity index (χ0v) is 15.6. The van der Waals surface area contributed by atoms with Crippen molar-refractivity contribution in [2.45, 2.75) is 0 Å². The minimum atomic E-state index is 0.654. The highest BCUT2D eigenvalue weighted by atomic mass is 15.1. The first-order valence-electron chi connectivity index (χ1n) is 9.37.